The molecule has 0 heterocycles. The summed E-state index contributed by atoms with van der Waals surface area (Å²) in [6, 6.07) is 7.29. The molecule has 0 aromatic heterocycles. The molecule has 0 spiro atoms. The second-order valence-corrected chi connectivity index (χ2v) is 13.0. The number of nitrogens with one attached hydrogen (secondary N) is 1. The van der Waals surface area contributed by atoms with E-state index in [1.54, 1.807) is 12.1 Å². The molecule has 1 aromatic rings. The molecule has 32 heavy (non-hydrogen) atoms. The lowest BCUT2D eigenvalue weighted by Crippen LogP contribution is -2.65. The molecule has 0 aliphatic heterocycles. The first kappa shape index (κ1) is 19.5. The number of non-ortho nitro benzene ring substituents is 1. The quantitative estimate of drug-likeness (QED) is 0.501. The van der Waals surface area contributed by atoms with Gasteiger partial charge in [-0.1, -0.05) is 12.1 Å². The fraction of sp³-hybridized carbons (Fsp3) is 0.741. The maximum Gasteiger partial charge on any atom is 0.269 e. The third-order valence-corrected chi connectivity index (χ3v) is 10.7. The lowest BCUT2D eigenvalue weighted by Gasteiger charge is -2.63. The minimum atomic E-state index is -0.316. The molecule has 9 rings (SSSR count). The zero-order chi connectivity index (χ0) is 21.7. The fourth-order valence-electron chi connectivity index (χ4n) is 10.4. The lowest BCUT2D eigenvalue weighted by molar-refractivity contribution is -0.384. The minimum Gasteiger partial charge on any atom is -0.350 e. The molecule has 8 saturated carbocycles. The average Bonchev–Trinajstić information content (AvgIpc) is 2.71. The molecule has 8 fully saturated rings. The van der Waals surface area contributed by atoms with Gasteiger partial charge >= 0.3 is 0 Å². The van der Waals surface area contributed by atoms with E-state index in [0.717, 1.165) is 49.9 Å². The predicted molar refractivity (Wildman–Crippen MR) is 121 cm³/mol. The third-order valence-electron chi connectivity index (χ3n) is 10.7. The second-order valence-electron chi connectivity index (χ2n) is 13.0. The Kier molecular flexibility index (Phi) is 3.88. The van der Waals surface area contributed by atoms with Crippen LogP contribution in [-0.4, -0.2) is 16.4 Å². The molecule has 170 valence electrons. The molecular formula is C27H34N2O3. The zero-order valence-electron chi connectivity index (χ0n) is 18.9. The first-order valence-electron chi connectivity index (χ1n) is 12.9. The van der Waals surface area contributed by atoms with Gasteiger partial charge in [0.05, 0.1) is 10.3 Å². The summed E-state index contributed by atoms with van der Waals surface area (Å²) >= 11 is 0. The van der Waals surface area contributed by atoms with Crippen molar-refractivity contribution in [3.63, 3.8) is 0 Å². The van der Waals surface area contributed by atoms with Gasteiger partial charge in [0.15, 0.2) is 0 Å². The summed E-state index contributed by atoms with van der Waals surface area (Å²) in [5, 5.41) is 14.9. The standard InChI is InChI=1S/C27H34N2O3/c30-24(28-27-13-17-5-18(14-27)7-19(6-17)15-27)26-11-20-8-21(12-26)10-25(9-20,16-26)22-1-3-23(4-2-22)29(31)32/h1-4,17-21H,5-16H2,(H,28,30)/t17?,18?,19?,20-,21+,25?,26?,27?. The summed E-state index contributed by atoms with van der Waals surface area (Å²) in [5.74, 6) is 4.11. The normalized spacial score (nSPS) is 47.6. The lowest BCUT2D eigenvalue weighted by atomic mass is 9.42. The van der Waals surface area contributed by atoms with E-state index in [1.807, 2.05) is 12.1 Å². The van der Waals surface area contributed by atoms with Gasteiger partial charge in [0.1, 0.15) is 0 Å². The highest BCUT2D eigenvalue weighted by atomic mass is 16.6. The van der Waals surface area contributed by atoms with E-state index in [-0.39, 0.29) is 27.0 Å². The highest BCUT2D eigenvalue weighted by molar-refractivity contribution is 5.84. The van der Waals surface area contributed by atoms with Crippen LogP contribution in [0.5, 0.6) is 0 Å². The van der Waals surface area contributed by atoms with E-state index in [9.17, 15) is 14.9 Å². The van der Waals surface area contributed by atoms with Crippen molar-refractivity contribution in [2.75, 3.05) is 0 Å². The Balaban J connectivity index is 1.18. The number of nitro benzene ring substituents is 1. The van der Waals surface area contributed by atoms with E-state index in [0.29, 0.717) is 17.7 Å². The number of rotatable bonds is 4. The van der Waals surface area contributed by atoms with E-state index in [1.165, 1.54) is 50.5 Å². The number of carbonyl (C=O) groups excluding carboxylic acids is 1. The van der Waals surface area contributed by atoms with Crippen LogP contribution in [0.25, 0.3) is 0 Å². The maximum absolute atomic E-state index is 14.1. The Labute approximate surface area is 189 Å². The van der Waals surface area contributed by atoms with Crippen LogP contribution in [0.4, 0.5) is 5.69 Å². The largest absolute Gasteiger partial charge is 0.350 e. The number of hydrogen-bond donors (Lipinski definition) is 1. The molecule has 8 bridgehead atoms. The van der Waals surface area contributed by atoms with Crippen molar-refractivity contribution < 1.29 is 9.72 Å². The van der Waals surface area contributed by atoms with Crippen molar-refractivity contribution >= 4 is 11.6 Å². The monoisotopic (exact) mass is 434 g/mol. The fourth-order valence-corrected chi connectivity index (χ4v) is 10.4. The van der Waals surface area contributed by atoms with Crippen LogP contribution in [0.15, 0.2) is 24.3 Å². The summed E-state index contributed by atoms with van der Waals surface area (Å²) < 4.78 is 0. The number of nitrogens with zero attached hydrogens (tertiary/aromatic N) is 1. The highest BCUT2D eigenvalue weighted by Crippen LogP contribution is 2.66. The molecule has 4 atom stereocenters. The smallest absolute Gasteiger partial charge is 0.269 e. The van der Waals surface area contributed by atoms with Gasteiger partial charge in [-0.15, -0.1) is 0 Å². The summed E-state index contributed by atoms with van der Waals surface area (Å²) in [5.41, 5.74) is 1.26. The molecule has 1 amide bonds. The summed E-state index contributed by atoms with van der Waals surface area (Å²) in [7, 11) is 0. The Morgan fingerprint density at radius 2 is 1.34 bits per heavy atom. The van der Waals surface area contributed by atoms with Crippen LogP contribution < -0.4 is 5.32 Å². The molecule has 1 aromatic carbocycles. The molecule has 1 N–H and O–H groups in total. The molecule has 2 unspecified atom stereocenters. The van der Waals surface area contributed by atoms with Crippen LogP contribution >= 0.6 is 0 Å². The molecular weight excluding hydrogens is 400 g/mol. The van der Waals surface area contributed by atoms with Crippen LogP contribution in [-0.2, 0) is 10.2 Å². The average molecular weight is 435 g/mol. The van der Waals surface area contributed by atoms with Gasteiger partial charge in [-0.25, -0.2) is 0 Å². The summed E-state index contributed by atoms with van der Waals surface area (Å²) in [4.78, 5) is 24.9. The molecule has 8 aliphatic carbocycles. The van der Waals surface area contributed by atoms with Crippen molar-refractivity contribution in [2.24, 2.45) is 35.0 Å². The first-order chi connectivity index (χ1) is 15.3. The summed E-state index contributed by atoms with van der Waals surface area (Å²) in [6.07, 6.45) is 14.4. The molecule has 5 nitrogen and oxygen atoms in total. The van der Waals surface area contributed by atoms with Gasteiger partial charge in [-0.3, -0.25) is 14.9 Å². The van der Waals surface area contributed by atoms with E-state index in [2.05, 4.69) is 5.32 Å². The molecule has 5 heteroatoms. The highest BCUT2D eigenvalue weighted by Gasteiger charge is 2.62. The van der Waals surface area contributed by atoms with Crippen molar-refractivity contribution in [1.82, 2.24) is 5.32 Å². The van der Waals surface area contributed by atoms with Gasteiger partial charge in [0, 0.05) is 17.7 Å². The van der Waals surface area contributed by atoms with Gasteiger partial charge in [-0.2, -0.15) is 0 Å². The molecule has 0 radical (unpaired) electrons. The SMILES string of the molecule is O=C(NC12CC3CC(CC(C3)C1)C2)C12C[C@H]3C[C@@H](C1)CC(c1ccc([N+](=O)[O-])cc1)(C3)C2. The van der Waals surface area contributed by atoms with Crippen molar-refractivity contribution in [3.8, 4) is 0 Å². The Hall–Kier alpha value is -1.91. The number of amides is 1. The zero-order valence-corrected chi connectivity index (χ0v) is 18.9. The Morgan fingerprint density at radius 3 is 1.88 bits per heavy atom. The van der Waals surface area contributed by atoms with Gasteiger partial charge < -0.3 is 5.32 Å². The minimum absolute atomic E-state index is 0.0258. The van der Waals surface area contributed by atoms with E-state index < -0.39 is 0 Å². The van der Waals surface area contributed by atoms with Crippen molar-refractivity contribution in [3.05, 3.63) is 39.9 Å². The number of nitro groups is 1. The Morgan fingerprint density at radius 1 is 0.812 bits per heavy atom. The molecule has 0 saturated heterocycles. The van der Waals surface area contributed by atoms with Crippen LogP contribution in [0.1, 0.15) is 82.6 Å². The van der Waals surface area contributed by atoms with Gasteiger partial charge in [0.25, 0.3) is 5.69 Å². The summed E-state index contributed by atoms with van der Waals surface area (Å²) in [6.45, 7) is 0. The van der Waals surface area contributed by atoms with Gasteiger partial charge in [-0.05, 0) is 118 Å². The Bertz CT molecular complexity index is 934. The maximum atomic E-state index is 14.1. The topological polar surface area (TPSA) is 72.2 Å². The first-order valence-corrected chi connectivity index (χ1v) is 12.9. The van der Waals surface area contributed by atoms with E-state index in [4.69, 9.17) is 0 Å². The van der Waals surface area contributed by atoms with Crippen LogP contribution in [0.3, 0.4) is 0 Å². The number of benzene rings is 1. The van der Waals surface area contributed by atoms with Crippen molar-refractivity contribution in [1.29, 1.82) is 0 Å². The second kappa shape index (κ2) is 6.36. The number of carbonyl (C=O) groups is 1. The molecule has 8 aliphatic rings. The van der Waals surface area contributed by atoms with Crippen LogP contribution in [0, 0.1) is 45.1 Å². The number of hydrogen-bond acceptors (Lipinski definition) is 3. The van der Waals surface area contributed by atoms with E-state index >= 15 is 0 Å². The predicted octanol–water partition coefficient (Wildman–Crippen LogP) is 5.52. The van der Waals surface area contributed by atoms with Crippen molar-refractivity contribution in [2.45, 2.75) is 88.0 Å². The van der Waals surface area contributed by atoms with Gasteiger partial charge in [0.2, 0.25) is 5.91 Å². The van der Waals surface area contributed by atoms with Crippen LogP contribution in [0.2, 0.25) is 0 Å². The third kappa shape index (κ3) is 2.78.